The van der Waals surface area contributed by atoms with E-state index >= 15 is 0 Å². The van der Waals surface area contributed by atoms with E-state index in [-0.39, 0.29) is 0 Å². The molecular formula is C18H36. The number of hydrogen-bond donors (Lipinski definition) is 0. The topological polar surface area (TPSA) is 0 Å². The average molecular weight is 252 g/mol. The highest BCUT2D eigenvalue weighted by Crippen LogP contribution is 2.43. The van der Waals surface area contributed by atoms with Gasteiger partial charge in [0.25, 0.3) is 0 Å². The van der Waals surface area contributed by atoms with E-state index in [1.165, 1.54) is 51.4 Å². The molecule has 0 amide bonds. The van der Waals surface area contributed by atoms with E-state index in [9.17, 15) is 0 Å². The van der Waals surface area contributed by atoms with Gasteiger partial charge in [-0.1, -0.05) is 86.5 Å². The maximum atomic E-state index is 2.42. The second kappa shape index (κ2) is 6.44. The molecule has 1 aliphatic rings. The van der Waals surface area contributed by atoms with Crippen LogP contribution in [0.1, 0.15) is 92.9 Å². The van der Waals surface area contributed by atoms with Crippen LogP contribution >= 0.6 is 0 Å². The van der Waals surface area contributed by atoms with E-state index < -0.39 is 0 Å². The molecular weight excluding hydrogens is 216 g/mol. The Balaban J connectivity index is 2.38. The Bertz CT molecular complexity index is 205. The van der Waals surface area contributed by atoms with Crippen LogP contribution in [0.2, 0.25) is 0 Å². The van der Waals surface area contributed by atoms with Crippen LogP contribution in [0.4, 0.5) is 0 Å². The predicted molar refractivity (Wildman–Crippen MR) is 82.8 cm³/mol. The lowest BCUT2D eigenvalue weighted by Gasteiger charge is -2.41. The Morgan fingerprint density at radius 2 is 1.33 bits per heavy atom. The van der Waals surface area contributed by atoms with Crippen molar-refractivity contribution in [3.05, 3.63) is 0 Å². The summed E-state index contributed by atoms with van der Waals surface area (Å²) in [6.45, 7) is 14.5. The summed E-state index contributed by atoms with van der Waals surface area (Å²) in [6, 6.07) is 0. The van der Waals surface area contributed by atoms with E-state index in [2.05, 4.69) is 41.5 Å². The van der Waals surface area contributed by atoms with E-state index in [0.717, 1.165) is 11.8 Å². The minimum atomic E-state index is 0.449. The van der Waals surface area contributed by atoms with Gasteiger partial charge in [0.2, 0.25) is 0 Å². The summed E-state index contributed by atoms with van der Waals surface area (Å²) < 4.78 is 0. The lowest BCUT2D eigenvalue weighted by molar-refractivity contribution is 0.0878. The molecule has 0 aromatic heterocycles. The molecule has 0 heterocycles. The summed E-state index contributed by atoms with van der Waals surface area (Å²) in [5.74, 6) is 1.90. The van der Waals surface area contributed by atoms with Gasteiger partial charge in [-0.15, -0.1) is 0 Å². The molecule has 0 atom stereocenters. The SMILES string of the molecule is CC(C)(C)C(CCCC1CCCCC1)C(C)(C)C. The maximum absolute atomic E-state index is 2.42. The van der Waals surface area contributed by atoms with Crippen LogP contribution in [0.3, 0.4) is 0 Å². The molecule has 18 heavy (non-hydrogen) atoms. The third-order valence-corrected chi connectivity index (χ3v) is 4.92. The number of hydrogen-bond acceptors (Lipinski definition) is 0. The van der Waals surface area contributed by atoms with Gasteiger partial charge >= 0.3 is 0 Å². The van der Waals surface area contributed by atoms with Crippen LogP contribution in [0.15, 0.2) is 0 Å². The first-order chi connectivity index (χ1) is 8.21. The first kappa shape index (κ1) is 16.1. The van der Waals surface area contributed by atoms with Gasteiger partial charge in [0.05, 0.1) is 0 Å². The predicted octanol–water partition coefficient (Wildman–Crippen LogP) is 6.45. The molecule has 0 aromatic rings. The normalized spacial score (nSPS) is 19.5. The second-order valence-electron chi connectivity index (χ2n) is 8.72. The fraction of sp³-hybridized carbons (Fsp3) is 1.00. The fourth-order valence-electron chi connectivity index (χ4n) is 4.25. The molecule has 1 rings (SSSR count). The van der Waals surface area contributed by atoms with Crippen molar-refractivity contribution in [2.45, 2.75) is 92.9 Å². The van der Waals surface area contributed by atoms with E-state index in [1.807, 2.05) is 0 Å². The molecule has 0 unspecified atom stereocenters. The summed E-state index contributed by atoms with van der Waals surface area (Å²) in [6.07, 6.45) is 11.9. The highest BCUT2D eigenvalue weighted by molar-refractivity contribution is 4.84. The van der Waals surface area contributed by atoms with E-state index in [1.54, 1.807) is 0 Å². The van der Waals surface area contributed by atoms with E-state index in [4.69, 9.17) is 0 Å². The Morgan fingerprint density at radius 3 is 1.78 bits per heavy atom. The number of rotatable bonds is 4. The summed E-state index contributed by atoms with van der Waals surface area (Å²) in [7, 11) is 0. The summed E-state index contributed by atoms with van der Waals surface area (Å²) in [5, 5.41) is 0. The monoisotopic (exact) mass is 252 g/mol. The zero-order valence-electron chi connectivity index (χ0n) is 13.8. The minimum Gasteiger partial charge on any atom is -0.0599 e. The van der Waals surface area contributed by atoms with Crippen molar-refractivity contribution in [3.63, 3.8) is 0 Å². The average Bonchev–Trinajstić information content (AvgIpc) is 2.22. The molecule has 0 heteroatoms. The third kappa shape index (κ3) is 5.33. The van der Waals surface area contributed by atoms with E-state index in [0.29, 0.717) is 10.8 Å². The summed E-state index contributed by atoms with van der Waals surface area (Å²) >= 11 is 0. The van der Waals surface area contributed by atoms with Crippen LogP contribution < -0.4 is 0 Å². The molecule has 0 spiro atoms. The maximum Gasteiger partial charge on any atom is -0.0317 e. The van der Waals surface area contributed by atoms with Crippen molar-refractivity contribution >= 4 is 0 Å². The molecule has 0 aliphatic heterocycles. The fourth-order valence-corrected chi connectivity index (χ4v) is 4.25. The molecule has 0 saturated heterocycles. The molecule has 0 nitrogen and oxygen atoms in total. The zero-order valence-corrected chi connectivity index (χ0v) is 13.8. The summed E-state index contributed by atoms with van der Waals surface area (Å²) in [5.41, 5.74) is 0.898. The molecule has 0 N–H and O–H groups in total. The molecule has 1 aliphatic carbocycles. The van der Waals surface area contributed by atoms with Crippen molar-refractivity contribution < 1.29 is 0 Å². The summed E-state index contributed by atoms with van der Waals surface area (Å²) in [4.78, 5) is 0. The van der Waals surface area contributed by atoms with Gasteiger partial charge in [-0.2, -0.15) is 0 Å². The van der Waals surface area contributed by atoms with Gasteiger partial charge in [0, 0.05) is 0 Å². The molecule has 0 radical (unpaired) electrons. The first-order valence-corrected chi connectivity index (χ1v) is 8.21. The van der Waals surface area contributed by atoms with Gasteiger partial charge in [-0.05, 0) is 29.1 Å². The Morgan fingerprint density at radius 1 is 0.833 bits per heavy atom. The van der Waals surface area contributed by atoms with Gasteiger partial charge in [0.15, 0.2) is 0 Å². The highest BCUT2D eigenvalue weighted by Gasteiger charge is 2.34. The Kier molecular flexibility index (Phi) is 5.74. The van der Waals surface area contributed by atoms with Crippen LogP contribution in [0, 0.1) is 22.7 Å². The van der Waals surface area contributed by atoms with Crippen LogP contribution in [0.5, 0.6) is 0 Å². The van der Waals surface area contributed by atoms with Gasteiger partial charge in [-0.3, -0.25) is 0 Å². The molecule has 0 aromatic carbocycles. The lowest BCUT2D eigenvalue weighted by Crippen LogP contribution is -2.32. The van der Waals surface area contributed by atoms with Gasteiger partial charge < -0.3 is 0 Å². The molecule has 108 valence electrons. The standard InChI is InChI=1S/C18H36/c1-17(2,3)16(18(4,5)6)14-10-13-15-11-8-7-9-12-15/h15-16H,7-14H2,1-6H3. The molecule has 1 fully saturated rings. The van der Waals surface area contributed by atoms with Crippen molar-refractivity contribution in [1.82, 2.24) is 0 Å². The van der Waals surface area contributed by atoms with Gasteiger partial charge in [-0.25, -0.2) is 0 Å². The van der Waals surface area contributed by atoms with Crippen LogP contribution in [-0.4, -0.2) is 0 Å². The smallest absolute Gasteiger partial charge is 0.0317 e. The first-order valence-electron chi connectivity index (χ1n) is 8.21. The second-order valence-corrected chi connectivity index (χ2v) is 8.72. The van der Waals surface area contributed by atoms with Crippen LogP contribution in [0.25, 0.3) is 0 Å². The Labute approximate surface area is 116 Å². The van der Waals surface area contributed by atoms with Crippen molar-refractivity contribution in [2.75, 3.05) is 0 Å². The zero-order chi connectivity index (χ0) is 13.8. The van der Waals surface area contributed by atoms with Gasteiger partial charge in [0.1, 0.15) is 0 Å². The lowest BCUT2D eigenvalue weighted by atomic mass is 9.64. The van der Waals surface area contributed by atoms with Crippen LogP contribution in [-0.2, 0) is 0 Å². The molecule has 0 bridgehead atoms. The highest BCUT2D eigenvalue weighted by atomic mass is 14.4. The van der Waals surface area contributed by atoms with Crippen molar-refractivity contribution in [2.24, 2.45) is 22.7 Å². The minimum absolute atomic E-state index is 0.449. The van der Waals surface area contributed by atoms with Crippen molar-refractivity contribution in [1.29, 1.82) is 0 Å². The quantitative estimate of drug-likeness (QED) is 0.539. The molecule has 1 saturated carbocycles. The third-order valence-electron chi connectivity index (χ3n) is 4.92. The Hall–Kier alpha value is 0. The van der Waals surface area contributed by atoms with Crippen molar-refractivity contribution in [3.8, 4) is 0 Å². The largest absolute Gasteiger partial charge is 0.0599 e.